The van der Waals surface area contributed by atoms with E-state index in [4.69, 9.17) is 5.11 Å². The zero-order valence-corrected chi connectivity index (χ0v) is 10.7. The van der Waals surface area contributed by atoms with Crippen molar-refractivity contribution in [3.05, 3.63) is 18.7 Å². The van der Waals surface area contributed by atoms with Crippen molar-refractivity contribution >= 4 is 17.9 Å². The van der Waals surface area contributed by atoms with E-state index in [1.54, 1.807) is 23.3 Å². The standard InChI is InChI=1S/C11H15N5O4/c17-9-6-16(8(5-14-9)10(18)19)11(20)13-2-4-15-3-1-12-7-15/h1,3,7-8H,2,4-6H2,(H,13,20)(H,14,17)(H,18,19). The first-order valence-corrected chi connectivity index (χ1v) is 6.07. The third kappa shape index (κ3) is 3.25. The lowest BCUT2D eigenvalue weighted by Gasteiger charge is -2.32. The summed E-state index contributed by atoms with van der Waals surface area (Å²) in [7, 11) is 0. The smallest absolute Gasteiger partial charge is 0.328 e. The van der Waals surface area contributed by atoms with Crippen LogP contribution in [0.5, 0.6) is 0 Å². The van der Waals surface area contributed by atoms with Crippen LogP contribution in [0, 0.1) is 0 Å². The highest BCUT2D eigenvalue weighted by molar-refractivity contribution is 5.90. The molecule has 1 fully saturated rings. The molecule has 1 saturated heterocycles. The van der Waals surface area contributed by atoms with E-state index in [9.17, 15) is 14.4 Å². The zero-order chi connectivity index (χ0) is 14.5. The second kappa shape index (κ2) is 6.04. The van der Waals surface area contributed by atoms with Gasteiger partial charge in [0.1, 0.15) is 12.6 Å². The number of carbonyl (C=O) groups is 3. The zero-order valence-electron chi connectivity index (χ0n) is 10.7. The Morgan fingerprint density at radius 1 is 1.55 bits per heavy atom. The van der Waals surface area contributed by atoms with E-state index in [0.717, 1.165) is 4.90 Å². The predicted molar refractivity (Wildman–Crippen MR) is 66.8 cm³/mol. The molecule has 3 N–H and O–H groups in total. The Morgan fingerprint density at radius 2 is 2.35 bits per heavy atom. The van der Waals surface area contributed by atoms with Gasteiger partial charge in [0.2, 0.25) is 5.91 Å². The molecule has 1 aliphatic rings. The van der Waals surface area contributed by atoms with Gasteiger partial charge in [-0.05, 0) is 0 Å². The average molecular weight is 281 g/mol. The number of amides is 3. The molecule has 20 heavy (non-hydrogen) atoms. The van der Waals surface area contributed by atoms with E-state index in [2.05, 4.69) is 15.6 Å². The average Bonchev–Trinajstić information content (AvgIpc) is 2.91. The van der Waals surface area contributed by atoms with E-state index in [1.165, 1.54) is 0 Å². The molecular formula is C11H15N5O4. The number of aromatic nitrogens is 2. The minimum absolute atomic E-state index is 0.0803. The fraction of sp³-hybridized carbons (Fsp3) is 0.455. The summed E-state index contributed by atoms with van der Waals surface area (Å²) >= 11 is 0. The number of nitrogens with zero attached hydrogens (tertiary/aromatic N) is 3. The molecule has 2 heterocycles. The number of carboxylic acids is 1. The third-order valence-electron chi connectivity index (χ3n) is 2.93. The minimum Gasteiger partial charge on any atom is -0.480 e. The molecule has 0 saturated carbocycles. The van der Waals surface area contributed by atoms with Gasteiger partial charge in [0.25, 0.3) is 0 Å². The Kier molecular flexibility index (Phi) is 4.18. The maximum Gasteiger partial charge on any atom is 0.328 e. The van der Waals surface area contributed by atoms with Crippen molar-refractivity contribution in [3.63, 3.8) is 0 Å². The van der Waals surface area contributed by atoms with Gasteiger partial charge in [0.05, 0.1) is 6.33 Å². The van der Waals surface area contributed by atoms with Crippen LogP contribution in [0.3, 0.4) is 0 Å². The van der Waals surface area contributed by atoms with Gasteiger partial charge < -0.3 is 20.3 Å². The van der Waals surface area contributed by atoms with Crippen molar-refractivity contribution in [1.82, 2.24) is 25.1 Å². The minimum atomic E-state index is -1.14. The van der Waals surface area contributed by atoms with E-state index in [-0.39, 0.29) is 19.0 Å². The third-order valence-corrected chi connectivity index (χ3v) is 2.93. The summed E-state index contributed by atoms with van der Waals surface area (Å²) in [6, 6.07) is -1.60. The molecule has 108 valence electrons. The van der Waals surface area contributed by atoms with Crippen LogP contribution in [0.4, 0.5) is 4.79 Å². The van der Waals surface area contributed by atoms with Gasteiger partial charge in [-0.25, -0.2) is 14.6 Å². The van der Waals surface area contributed by atoms with Gasteiger partial charge >= 0.3 is 12.0 Å². The quantitative estimate of drug-likeness (QED) is 0.619. The van der Waals surface area contributed by atoms with Gasteiger partial charge in [-0.15, -0.1) is 0 Å². The Labute approximate surface area is 114 Å². The molecule has 1 aliphatic heterocycles. The van der Waals surface area contributed by atoms with Gasteiger partial charge in [0.15, 0.2) is 0 Å². The molecule has 0 aromatic carbocycles. The second-order valence-electron chi connectivity index (χ2n) is 4.32. The number of carboxylic acid groups (broad SMARTS) is 1. The van der Waals surface area contributed by atoms with Gasteiger partial charge in [0, 0.05) is 32.0 Å². The lowest BCUT2D eigenvalue weighted by Crippen LogP contribution is -2.61. The number of carbonyl (C=O) groups excluding carboxylic acids is 2. The molecule has 1 atom stereocenters. The van der Waals surface area contributed by atoms with Crippen LogP contribution >= 0.6 is 0 Å². The summed E-state index contributed by atoms with van der Waals surface area (Å²) in [6.07, 6.45) is 4.98. The number of rotatable bonds is 4. The Morgan fingerprint density at radius 3 is 3.00 bits per heavy atom. The molecule has 9 heteroatoms. The monoisotopic (exact) mass is 281 g/mol. The molecule has 9 nitrogen and oxygen atoms in total. The van der Waals surface area contributed by atoms with Crippen molar-refractivity contribution in [3.8, 4) is 0 Å². The Balaban J connectivity index is 1.88. The molecule has 1 unspecified atom stereocenters. The summed E-state index contributed by atoms with van der Waals surface area (Å²) in [5.41, 5.74) is 0. The highest BCUT2D eigenvalue weighted by atomic mass is 16.4. The van der Waals surface area contributed by atoms with Gasteiger partial charge in [-0.3, -0.25) is 9.69 Å². The van der Waals surface area contributed by atoms with Crippen LogP contribution in [0.15, 0.2) is 18.7 Å². The van der Waals surface area contributed by atoms with Crippen LogP contribution in [0.1, 0.15) is 0 Å². The molecule has 0 bridgehead atoms. The maximum absolute atomic E-state index is 11.9. The second-order valence-corrected chi connectivity index (χ2v) is 4.32. The number of piperazine rings is 1. The predicted octanol–water partition coefficient (Wildman–Crippen LogP) is -1.52. The Bertz CT molecular complexity index is 501. The molecule has 0 spiro atoms. The van der Waals surface area contributed by atoms with Crippen molar-refractivity contribution in [1.29, 1.82) is 0 Å². The SMILES string of the molecule is O=C1CN(C(=O)NCCn2ccnc2)C(C(=O)O)CN1. The number of urea groups is 1. The van der Waals surface area contributed by atoms with Crippen molar-refractivity contribution < 1.29 is 19.5 Å². The maximum atomic E-state index is 11.9. The van der Waals surface area contributed by atoms with Crippen LogP contribution < -0.4 is 10.6 Å². The summed E-state index contributed by atoms with van der Waals surface area (Å²) in [5.74, 6) is -1.51. The number of aliphatic carboxylic acids is 1. The molecule has 0 aliphatic carbocycles. The van der Waals surface area contributed by atoms with E-state index in [1.807, 2.05) is 0 Å². The number of hydrogen-bond donors (Lipinski definition) is 3. The van der Waals surface area contributed by atoms with Crippen LogP contribution in [-0.4, -0.2) is 63.1 Å². The molecule has 2 rings (SSSR count). The van der Waals surface area contributed by atoms with Crippen LogP contribution in [0.2, 0.25) is 0 Å². The summed E-state index contributed by atoms with van der Waals surface area (Å²) < 4.78 is 1.78. The summed E-state index contributed by atoms with van der Waals surface area (Å²) in [6.45, 7) is 0.500. The largest absolute Gasteiger partial charge is 0.480 e. The molecule has 3 amide bonds. The van der Waals surface area contributed by atoms with E-state index >= 15 is 0 Å². The lowest BCUT2D eigenvalue weighted by atomic mass is 10.2. The highest BCUT2D eigenvalue weighted by Crippen LogP contribution is 2.04. The van der Waals surface area contributed by atoms with Crippen LogP contribution in [-0.2, 0) is 16.1 Å². The van der Waals surface area contributed by atoms with E-state index < -0.39 is 18.0 Å². The number of nitrogens with one attached hydrogen (secondary N) is 2. The molecule has 1 aromatic rings. The molecular weight excluding hydrogens is 266 g/mol. The first-order chi connectivity index (χ1) is 9.58. The highest BCUT2D eigenvalue weighted by Gasteiger charge is 2.34. The molecule has 1 aromatic heterocycles. The Hall–Kier alpha value is -2.58. The normalized spacial score (nSPS) is 18.5. The summed E-state index contributed by atoms with van der Waals surface area (Å²) in [5, 5.41) is 14.0. The van der Waals surface area contributed by atoms with E-state index in [0.29, 0.717) is 13.1 Å². The number of imidazole rings is 1. The van der Waals surface area contributed by atoms with Gasteiger partial charge in [-0.2, -0.15) is 0 Å². The lowest BCUT2D eigenvalue weighted by molar-refractivity contribution is -0.144. The fourth-order valence-electron chi connectivity index (χ4n) is 1.89. The first-order valence-electron chi connectivity index (χ1n) is 6.07. The first kappa shape index (κ1) is 13.8. The van der Waals surface area contributed by atoms with Crippen molar-refractivity contribution in [2.24, 2.45) is 0 Å². The summed E-state index contributed by atoms with van der Waals surface area (Å²) in [4.78, 5) is 39.1. The van der Waals surface area contributed by atoms with Gasteiger partial charge in [-0.1, -0.05) is 0 Å². The fourth-order valence-corrected chi connectivity index (χ4v) is 1.89. The topological polar surface area (TPSA) is 117 Å². The van der Waals surface area contributed by atoms with Crippen molar-refractivity contribution in [2.75, 3.05) is 19.6 Å². The van der Waals surface area contributed by atoms with Crippen molar-refractivity contribution in [2.45, 2.75) is 12.6 Å². The number of hydrogen-bond acceptors (Lipinski definition) is 4. The van der Waals surface area contributed by atoms with Crippen LogP contribution in [0.25, 0.3) is 0 Å². The molecule has 0 radical (unpaired) electrons.